The first-order valence-electron chi connectivity index (χ1n) is 10.5. The lowest BCUT2D eigenvalue weighted by Crippen LogP contribution is -2.40. The molecule has 3 fully saturated rings. The number of carbonyl (C=O) groups is 3. The number of furan rings is 1. The number of imide groups is 1. The van der Waals surface area contributed by atoms with Gasteiger partial charge in [-0.05, 0) is 48.3 Å². The van der Waals surface area contributed by atoms with E-state index >= 15 is 0 Å². The number of esters is 1. The molecule has 7 rings (SSSR count). The number of benzene rings is 1. The van der Waals surface area contributed by atoms with Gasteiger partial charge < -0.3 is 9.15 Å². The van der Waals surface area contributed by atoms with E-state index in [2.05, 4.69) is 17.3 Å². The third kappa shape index (κ3) is 2.59. The summed E-state index contributed by atoms with van der Waals surface area (Å²) in [5, 5.41) is 5.22. The fourth-order valence-corrected chi connectivity index (χ4v) is 5.72. The summed E-state index contributed by atoms with van der Waals surface area (Å²) in [6.07, 6.45) is 6.78. The lowest BCUT2D eigenvalue weighted by Gasteiger charge is -2.37. The van der Waals surface area contributed by atoms with Crippen LogP contribution in [0.5, 0.6) is 0 Å². The summed E-state index contributed by atoms with van der Waals surface area (Å²) in [7, 11) is 1.33. The van der Waals surface area contributed by atoms with Crippen LogP contribution in [0.4, 0.5) is 0 Å². The first-order chi connectivity index (χ1) is 15.1. The van der Waals surface area contributed by atoms with Crippen molar-refractivity contribution in [2.75, 3.05) is 7.11 Å². The summed E-state index contributed by atoms with van der Waals surface area (Å²) in [6.45, 7) is 0. The summed E-state index contributed by atoms with van der Waals surface area (Å²) in [4.78, 5) is 38.0. The SMILES string of the molecule is COC(=O)c1ccccc1-c1ccc(/C=N\N2C(=O)[C@@H]3[C@H]4C=C[C@@H]([C@@H]5C[C@@H]45)[C@H]3C2=O)o1. The Morgan fingerprint density at radius 3 is 2.42 bits per heavy atom. The standard InChI is InChI=1S/C24H20N2O5/c1-30-24(29)16-5-3-2-4-13(16)19-9-6-12(31-19)11-25-26-22(27)20-14-7-8-15(18-10-17(14)18)21(20)23(26)28/h2-9,11,14-15,17-18,20-21H,10H2,1H3/b25-11-/t14-,15-,17-,18-,20+,21+/m0/s1. The monoisotopic (exact) mass is 416 g/mol. The van der Waals surface area contributed by atoms with Gasteiger partial charge in [-0.25, -0.2) is 4.79 Å². The molecule has 156 valence electrons. The van der Waals surface area contributed by atoms with E-state index in [9.17, 15) is 14.4 Å². The van der Waals surface area contributed by atoms with Crippen molar-refractivity contribution in [3.8, 4) is 11.3 Å². The maximum absolute atomic E-state index is 13.0. The van der Waals surface area contributed by atoms with Gasteiger partial charge in [-0.2, -0.15) is 10.1 Å². The zero-order chi connectivity index (χ0) is 21.3. The number of hydrogen-bond acceptors (Lipinski definition) is 6. The zero-order valence-corrected chi connectivity index (χ0v) is 16.8. The van der Waals surface area contributed by atoms with E-state index in [1.807, 2.05) is 0 Å². The number of nitrogens with zero attached hydrogens (tertiary/aromatic N) is 2. The third-order valence-electron chi connectivity index (χ3n) is 7.16. The molecule has 1 saturated heterocycles. The highest BCUT2D eigenvalue weighted by atomic mass is 16.5. The number of hydrazone groups is 1. The van der Waals surface area contributed by atoms with Crippen LogP contribution >= 0.6 is 0 Å². The highest BCUT2D eigenvalue weighted by Crippen LogP contribution is 2.65. The first kappa shape index (κ1) is 18.3. The topological polar surface area (TPSA) is 89.2 Å². The Balaban J connectivity index is 1.25. The van der Waals surface area contributed by atoms with Gasteiger partial charge in [-0.15, -0.1) is 0 Å². The molecule has 1 aliphatic heterocycles. The van der Waals surface area contributed by atoms with E-state index in [1.165, 1.54) is 13.3 Å². The lowest BCUT2D eigenvalue weighted by molar-refractivity contribution is -0.140. The molecule has 6 atom stereocenters. The fraction of sp³-hybridized carbons (Fsp3) is 0.333. The molecule has 2 saturated carbocycles. The minimum atomic E-state index is -0.459. The van der Waals surface area contributed by atoms with E-state index in [0.717, 1.165) is 11.4 Å². The number of rotatable bonds is 4. The third-order valence-corrected chi connectivity index (χ3v) is 7.16. The zero-order valence-electron chi connectivity index (χ0n) is 16.8. The second kappa shape index (κ2) is 6.51. The molecule has 0 N–H and O–H groups in total. The predicted octanol–water partition coefficient (Wildman–Crippen LogP) is 3.12. The van der Waals surface area contributed by atoms with Gasteiger partial charge in [-0.1, -0.05) is 30.4 Å². The van der Waals surface area contributed by atoms with E-state index < -0.39 is 5.97 Å². The molecular weight excluding hydrogens is 396 g/mol. The molecule has 2 heterocycles. The molecule has 2 aromatic rings. The highest BCUT2D eigenvalue weighted by Gasteiger charge is 2.67. The van der Waals surface area contributed by atoms with Crippen LogP contribution in [-0.4, -0.2) is 36.1 Å². The molecule has 2 bridgehead atoms. The van der Waals surface area contributed by atoms with Gasteiger partial charge in [-0.3, -0.25) is 9.59 Å². The molecule has 1 aromatic carbocycles. The van der Waals surface area contributed by atoms with Crippen molar-refractivity contribution in [3.05, 3.63) is 59.9 Å². The van der Waals surface area contributed by atoms with Gasteiger partial charge in [0.2, 0.25) is 0 Å². The number of ether oxygens (including phenoxy) is 1. The molecule has 0 unspecified atom stereocenters. The largest absolute Gasteiger partial charge is 0.465 e. The van der Waals surface area contributed by atoms with E-state index in [1.54, 1.807) is 36.4 Å². The molecule has 7 heteroatoms. The molecule has 4 aliphatic carbocycles. The average Bonchev–Trinajstić information content (AvgIpc) is 3.44. The maximum Gasteiger partial charge on any atom is 0.338 e. The molecule has 7 nitrogen and oxygen atoms in total. The van der Waals surface area contributed by atoms with E-state index in [0.29, 0.717) is 34.5 Å². The lowest BCUT2D eigenvalue weighted by atomic mass is 9.63. The van der Waals surface area contributed by atoms with Crippen molar-refractivity contribution in [2.24, 2.45) is 40.6 Å². The second-order valence-electron chi connectivity index (χ2n) is 8.63. The van der Waals surface area contributed by atoms with Crippen LogP contribution in [0.3, 0.4) is 0 Å². The summed E-state index contributed by atoms with van der Waals surface area (Å²) < 4.78 is 10.6. The summed E-state index contributed by atoms with van der Waals surface area (Å²) in [5.74, 6) is 0.871. The Morgan fingerprint density at radius 2 is 1.74 bits per heavy atom. The number of amides is 2. The Hall–Kier alpha value is -3.48. The van der Waals surface area contributed by atoms with Crippen LogP contribution in [-0.2, 0) is 14.3 Å². The minimum absolute atomic E-state index is 0.168. The molecule has 2 amide bonds. The normalized spacial score (nSPS) is 32.5. The van der Waals surface area contributed by atoms with Crippen molar-refractivity contribution in [2.45, 2.75) is 6.42 Å². The fourth-order valence-electron chi connectivity index (χ4n) is 5.72. The van der Waals surface area contributed by atoms with Crippen molar-refractivity contribution < 1.29 is 23.5 Å². The van der Waals surface area contributed by atoms with Gasteiger partial charge in [0.05, 0.1) is 30.7 Å². The minimum Gasteiger partial charge on any atom is -0.465 e. The average molecular weight is 416 g/mol. The van der Waals surface area contributed by atoms with E-state index in [-0.39, 0.29) is 35.5 Å². The van der Waals surface area contributed by atoms with Crippen LogP contribution in [0.2, 0.25) is 0 Å². The second-order valence-corrected chi connectivity index (χ2v) is 8.63. The van der Waals surface area contributed by atoms with Gasteiger partial charge in [0, 0.05) is 5.56 Å². The van der Waals surface area contributed by atoms with Gasteiger partial charge in [0.1, 0.15) is 11.5 Å². The maximum atomic E-state index is 13.0. The number of carbonyl (C=O) groups excluding carboxylic acids is 3. The summed E-state index contributed by atoms with van der Waals surface area (Å²) in [6, 6.07) is 10.4. The van der Waals surface area contributed by atoms with Crippen LogP contribution in [0.25, 0.3) is 11.3 Å². The Labute approximate surface area is 178 Å². The molecule has 0 radical (unpaired) electrons. The Bertz CT molecular complexity index is 1140. The summed E-state index contributed by atoms with van der Waals surface area (Å²) in [5.41, 5.74) is 0.980. The Kier molecular flexibility index (Phi) is 3.84. The van der Waals surface area contributed by atoms with Crippen LogP contribution in [0.15, 0.2) is 58.1 Å². The quantitative estimate of drug-likeness (QED) is 0.331. The molecular formula is C24H20N2O5. The number of methoxy groups -OCH3 is 1. The highest BCUT2D eigenvalue weighted by molar-refractivity contribution is 6.06. The van der Waals surface area contributed by atoms with Gasteiger partial charge in [0.15, 0.2) is 0 Å². The van der Waals surface area contributed by atoms with E-state index in [4.69, 9.17) is 9.15 Å². The van der Waals surface area contributed by atoms with Gasteiger partial charge in [0.25, 0.3) is 11.8 Å². The number of allylic oxidation sites excluding steroid dienone is 2. The molecule has 5 aliphatic rings. The molecule has 0 spiro atoms. The predicted molar refractivity (Wildman–Crippen MR) is 110 cm³/mol. The van der Waals surface area contributed by atoms with Crippen molar-refractivity contribution in [1.82, 2.24) is 5.01 Å². The smallest absolute Gasteiger partial charge is 0.338 e. The van der Waals surface area contributed by atoms with Crippen LogP contribution < -0.4 is 0 Å². The Morgan fingerprint density at radius 1 is 1.06 bits per heavy atom. The van der Waals surface area contributed by atoms with Crippen LogP contribution in [0, 0.1) is 35.5 Å². The van der Waals surface area contributed by atoms with Crippen molar-refractivity contribution >= 4 is 24.0 Å². The molecule has 1 aromatic heterocycles. The van der Waals surface area contributed by atoms with Crippen molar-refractivity contribution in [1.29, 1.82) is 0 Å². The number of hydrogen-bond donors (Lipinski definition) is 0. The van der Waals surface area contributed by atoms with Gasteiger partial charge >= 0.3 is 5.97 Å². The first-order valence-corrected chi connectivity index (χ1v) is 10.5. The molecule has 31 heavy (non-hydrogen) atoms. The van der Waals surface area contributed by atoms with Crippen molar-refractivity contribution in [3.63, 3.8) is 0 Å². The van der Waals surface area contributed by atoms with Crippen LogP contribution in [0.1, 0.15) is 22.5 Å². The summed E-state index contributed by atoms with van der Waals surface area (Å²) >= 11 is 0.